The van der Waals surface area contributed by atoms with Gasteiger partial charge in [-0.05, 0) is 37.6 Å². The minimum absolute atomic E-state index is 0.369. The van der Waals surface area contributed by atoms with Crippen LogP contribution in [0.25, 0.3) is 5.65 Å². The molecular formula is C19H23F3N8. The number of aliphatic imine (C=N–C) groups is 1. The molecular weight excluding hydrogens is 397 g/mol. The smallest absolute Gasteiger partial charge is 0.370 e. The van der Waals surface area contributed by atoms with Crippen LogP contribution in [0.5, 0.6) is 0 Å². The first-order chi connectivity index (χ1) is 14.5. The van der Waals surface area contributed by atoms with Crippen LogP contribution in [-0.4, -0.2) is 45.2 Å². The zero-order chi connectivity index (χ0) is 21.4. The van der Waals surface area contributed by atoms with E-state index in [1.54, 1.807) is 0 Å². The second-order valence-electron chi connectivity index (χ2n) is 6.38. The standard InChI is InChI=1S/C19H23F3N8/c1-2-23-18(27-13-17-29-28-16-6-3-4-11-30(16)17)25-10-5-9-24-15-8-7-14(12-26-15)19(20,21)22/h3-4,6-8,11-12H,2,5,9-10,13H2,1H3,(H,24,26)(H2,23,25,27). The summed E-state index contributed by atoms with van der Waals surface area (Å²) in [7, 11) is 0. The Labute approximate surface area is 171 Å². The third-order valence-electron chi connectivity index (χ3n) is 4.15. The van der Waals surface area contributed by atoms with Gasteiger partial charge in [-0.3, -0.25) is 4.40 Å². The maximum absolute atomic E-state index is 12.5. The summed E-state index contributed by atoms with van der Waals surface area (Å²) in [6.07, 6.45) is -0.941. The second kappa shape index (κ2) is 9.90. The van der Waals surface area contributed by atoms with Crippen molar-refractivity contribution in [3.8, 4) is 0 Å². The first kappa shape index (κ1) is 21.3. The highest BCUT2D eigenvalue weighted by Gasteiger charge is 2.30. The van der Waals surface area contributed by atoms with E-state index in [9.17, 15) is 13.2 Å². The van der Waals surface area contributed by atoms with Crippen molar-refractivity contribution in [3.63, 3.8) is 0 Å². The monoisotopic (exact) mass is 420 g/mol. The number of alkyl halides is 3. The first-order valence-electron chi connectivity index (χ1n) is 9.55. The van der Waals surface area contributed by atoms with E-state index in [0.29, 0.717) is 38.0 Å². The number of hydrogen-bond acceptors (Lipinski definition) is 5. The second-order valence-corrected chi connectivity index (χ2v) is 6.38. The quantitative estimate of drug-likeness (QED) is 0.295. The molecule has 3 aromatic heterocycles. The predicted octanol–water partition coefficient (Wildman–Crippen LogP) is 2.70. The molecule has 0 atom stereocenters. The first-order valence-corrected chi connectivity index (χ1v) is 9.55. The Bertz CT molecular complexity index is 966. The fourth-order valence-electron chi connectivity index (χ4n) is 2.67. The van der Waals surface area contributed by atoms with E-state index in [-0.39, 0.29) is 0 Å². The van der Waals surface area contributed by atoms with Crippen LogP contribution in [-0.2, 0) is 12.7 Å². The molecule has 30 heavy (non-hydrogen) atoms. The molecule has 0 saturated carbocycles. The van der Waals surface area contributed by atoms with Crippen molar-refractivity contribution < 1.29 is 13.2 Å². The van der Waals surface area contributed by atoms with Gasteiger partial charge in [-0.25, -0.2) is 9.98 Å². The number of hydrogen-bond donors (Lipinski definition) is 3. The largest absolute Gasteiger partial charge is 0.417 e. The molecule has 0 aromatic carbocycles. The van der Waals surface area contributed by atoms with E-state index < -0.39 is 11.7 Å². The molecule has 8 nitrogen and oxygen atoms in total. The van der Waals surface area contributed by atoms with Gasteiger partial charge in [-0.2, -0.15) is 13.2 Å². The number of anilines is 1. The lowest BCUT2D eigenvalue weighted by Gasteiger charge is -2.12. The van der Waals surface area contributed by atoms with Crippen LogP contribution in [0.15, 0.2) is 47.7 Å². The number of nitrogens with one attached hydrogen (secondary N) is 3. The summed E-state index contributed by atoms with van der Waals surface area (Å²) >= 11 is 0. The van der Waals surface area contributed by atoms with Crippen molar-refractivity contribution in [3.05, 3.63) is 54.1 Å². The molecule has 3 aromatic rings. The molecule has 0 aliphatic heterocycles. The Hall–Kier alpha value is -3.37. The zero-order valence-electron chi connectivity index (χ0n) is 16.4. The molecule has 0 radical (unpaired) electrons. The zero-order valence-corrected chi connectivity index (χ0v) is 16.4. The van der Waals surface area contributed by atoms with E-state index >= 15 is 0 Å². The molecule has 0 amide bonds. The average molecular weight is 420 g/mol. The summed E-state index contributed by atoms with van der Waals surface area (Å²) in [5, 5.41) is 17.6. The van der Waals surface area contributed by atoms with Gasteiger partial charge in [0.1, 0.15) is 12.4 Å². The SMILES string of the molecule is CCNC(=NCc1nnc2ccccn12)NCCCNc1ccc(C(F)(F)F)cn1. The van der Waals surface area contributed by atoms with Gasteiger partial charge in [0, 0.05) is 32.0 Å². The van der Waals surface area contributed by atoms with E-state index in [1.165, 1.54) is 6.07 Å². The van der Waals surface area contributed by atoms with Gasteiger partial charge < -0.3 is 16.0 Å². The molecule has 0 bridgehead atoms. The fourth-order valence-corrected chi connectivity index (χ4v) is 2.67. The van der Waals surface area contributed by atoms with Crippen LogP contribution < -0.4 is 16.0 Å². The van der Waals surface area contributed by atoms with E-state index in [4.69, 9.17) is 0 Å². The molecule has 0 aliphatic carbocycles. The van der Waals surface area contributed by atoms with Crippen molar-refractivity contribution in [1.29, 1.82) is 0 Å². The van der Waals surface area contributed by atoms with Gasteiger partial charge in [0.25, 0.3) is 0 Å². The van der Waals surface area contributed by atoms with Crippen molar-refractivity contribution in [1.82, 2.24) is 30.2 Å². The molecule has 3 N–H and O–H groups in total. The molecule has 0 saturated heterocycles. The number of pyridine rings is 2. The Morgan fingerprint density at radius 2 is 1.97 bits per heavy atom. The normalized spacial score (nSPS) is 12.2. The Morgan fingerprint density at radius 1 is 1.10 bits per heavy atom. The van der Waals surface area contributed by atoms with Crippen molar-refractivity contribution in [2.24, 2.45) is 4.99 Å². The summed E-state index contributed by atoms with van der Waals surface area (Å²) in [6.45, 7) is 4.23. The van der Waals surface area contributed by atoms with Crippen molar-refractivity contribution >= 4 is 17.4 Å². The topological polar surface area (TPSA) is 91.5 Å². The van der Waals surface area contributed by atoms with Gasteiger partial charge >= 0.3 is 6.18 Å². The van der Waals surface area contributed by atoms with Crippen LogP contribution in [0.4, 0.5) is 19.0 Å². The summed E-state index contributed by atoms with van der Waals surface area (Å²) < 4.78 is 39.5. The Kier molecular flexibility index (Phi) is 7.04. The highest BCUT2D eigenvalue weighted by Crippen LogP contribution is 2.28. The number of guanidine groups is 1. The van der Waals surface area contributed by atoms with Crippen LogP contribution in [0.2, 0.25) is 0 Å². The number of aromatic nitrogens is 4. The van der Waals surface area contributed by atoms with Crippen LogP contribution >= 0.6 is 0 Å². The number of fused-ring (bicyclic) bond motifs is 1. The Morgan fingerprint density at radius 3 is 2.70 bits per heavy atom. The van der Waals surface area contributed by atoms with Crippen LogP contribution in [0, 0.1) is 0 Å². The van der Waals surface area contributed by atoms with Gasteiger partial charge in [-0.15, -0.1) is 10.2 Å². The molecule has 0 spiro atoms. The maximum atomic E-state index is 12.5. The van der Waals surface area contributed by atoms with Crippen LogP contribution in [0.1, 0.15) is 24.7 Å². The number of rotatable bonds is 8. The van der Waals surface area contributed by atoms with Crippen molar-refractivity contribution in [2.75, 3.05) is 25.0 Å². The third-order valence-corrected chi connectivity index (χ3v) is 4.15. The molecule has 11 heteroatoms. The van der Waals surface area contributed by atoms with Crippen LogP contribution in [0.3, 0.4) is 0 Å². The third kappa shape index (κ3) is 5.82. The minimum atomic E-state index is -4.38. The summed E-state index contributed by atoms with van der Waals surface area (Å²) in [5.74, 6) is 1.79. The number of halogens is 3. The summed E-state index contributed by atoms with van der Waals surface area (Å²) in [4.78, 5) is 8.31. The summed E-state index contributed by atoms with van der Waals surface area (Å²) in [6, 6.07) is 8.02. The van der Waals surface area contributed by atoms with E-state index in [0.717, 1.165) is 30.2 Å². The maximum Gasteiger partial charge on any atom is 0.417 e. The number of nitrogens with zero attached hydrogens (tertiary/aromatic N) is 5. The lowest BCUT2D eigenvalue weighted by Crippen LogP contribution is -2.38. The van der Waals surface area contributed by atoms with Gasteiger partial charge in [0.15, 0.2) is 17.4 Å². The average Bonchev–Trinajstić information content (AvgIpc) is 3.14. The summed E-state index contributed by atoms with van der Waals surface area (Å²) in [5.41, 5.74) is 0.00488. The van der Waals surface area contributed by atoms with E-state index in [1.807, 2.05) is 35.7 Å². The molecule has 160 valence electrons. The van der Waals surface area contributed by atoms with Gasteiger partial charge in [-0.1, -0.05) is 6.07 Å². The molecule has 3 heterocycles. The molecule has 0 aliphatic rings. The lowest BCUT2D eigenvalue weighted by molar-refractivity contribution is -0.137. The Balaban J connectivity index is 1.45. The highest BCUT2D eigenvalue weighted by molar-refractivity contribution is 5.79. The van der Waals surface area contributed by atoms with Gasteiger partial charge in [0.05, 0.1) is 5.56 Å². The fraction of sp³-hybridized carbons (Fsp3) is 0.368. The molecule has 3 rings (SSSR count). The highest BCUT2D eigenvalue weighted by atomic mass is 19.4. The van der Waals surface area contributed by atoms with E-state index in [2.05, 4.69) is 36.1 Å². The van der Waals surface area contributed by atoms with Crippen molar-refractivity contribution in [2.45, 2.75) is 26.1 Å². The lowest BCUT2D eigenvalue weighted by atomic mass is 10.3. The molecule has 0 fully saturated rings. The predicted molar refractivity (Wildman–Crippen MR) is 108 cm³/mol. The van der Waals surface area contributed by atoms with Gasteiger partial charge in [0.2, 0.25) is 0 Å². The molecule has 0 unspecified atom stereocenters. The minimum Gasteiger partial charge on any atom is -0.370 e.